The molecule has 1 aliphatic carbocycles. The van der Waals surface area contributed by atoms with Gasteiger partial charge in [0.2, 0.25) is 0 Å². The van der Waals surface area contributed by atoms with Crippen LogP contribution >= 0.6 is 0 Å². The lowest BCUT2D eigenvalue weighted by atomic mass is 9.66. The fraction of sp³-hybridized carbons (Fsp3) is 1.00. The summed E-state index contributed by atoms with van der Waals surface area (Å²) >= 11 is 0. The molecule has 0 aromatic carbocycles. The van der Waals surface area contributed by atoms with Gasteiger partial charge in [-0.3, -0.25) is 0 Å². The van der Waals surface area contributed by atoms with Crippen molar-refractivity contribution in [3.63, 3.8) is 0 Å². The van der Waals surface area contributed by atoms with E-state index in [1.165, 1.54) is 19.3 Å². The smallest absolute Gasteiger partial charge is 0.158 e. The maximum atomic E-state index is 5.59. The third kappa shape index (κ3) is 2.60. The first-order valence-electron chi connectivity index (χ1n) is 6.95. The zero-order chi connectivity index (χ0) is 11.5. The van der Waals surface area contributed by atoms with Crippen LogP contribution in [0.1, 0.15) is 46.5 Å². The Balaban J connectivity index is 1.91. The Labute approximate surface area is 99.7 Å². The first kappa shape index (κ1) is 12.4. The third-order valence-corrected chi connectivity index (χ3v) is 4.83. The summed E-state index contributed by atoms with van der Waals surface area (Å²) in [5.41, 5.74) is 0. The highest BCUT2D eigenvalue weighted by Crippen LogP contribution is 2.42. The van der Waals surface area contributed by atoms with Crippen LogP contribution in [0.5, 0.6) is 0 Å². The van der Waals surface area contributed by atoms with E-state index in [1.807, 2.05) is 0 Å². The summed E-state index contributed by atoms with van der Waals surface area (Å²) in [7, 11) is 0. The molecule has 1 heterocycles. The van der Waals surface area contributed by atoms with Crippen molar-refractivity contribution in [2.75, 3.05) is 13.2 Å². The van der Waals surface area contributed by atoms with Crippen LogP contribution in [0, 0.1) is 23.7 Å². The van der Waals surface area contributed by atoms with Gasteiger partial charge in [0.25, 0.3) is 0 Å². The maximum absolute atomic E-state index is 5.59. The fourth-order valence-corrected chi connectivity index (χ4v) is 3.59. The Kier molecular flexibility index (Phi) is 4.26. The molecule has 2 heteroatoms. The highest BCUT2D eigenvalue weighted by molar-refractivity contribution is 4.83. The predicted octanol–water partition coefficient (Wildman–Crippen LogP) is 3.46. The summed E-state index contributed by atoms with van der Waals surface area (Å²) < 4.78 is 11.2. The van der Waals surface area contributed by atoms with Crippen LogP contribution in [0.4, 0.5) is 0 Å². The van der Waals surface area contributed by atoms with E-state index in [9.17, 15) is 0 Å². The standard InChI is InChI=1S/C14H26O2/c1-4-13-11(3)10(2)5-6-12(13)9-14-15-7-8-16-14/h10-14H,4-9H2,1-3H3. The molecule has 0 N–H and O–H groups in total. The lowest BCUT2D eigenvalue weighted by Gasteiger charge is -2.40. The number of rotatable bonds is 3. The lowest BCUT2D eigenvalue weighted by molar-refractivity contribution is -0.0721. The molecule has 0 spiro atoms. The number of hydrogen-bond donors (Lipinski definition) is 0. The van der Waals surface area contributed by atoms with Gasteiger partial charge < -0.3 is 9.47 Å². The van der Waals surface area contributed by atoms with Gasteiger partial charge in [-0.05, 0) is 30.1 Å². The molecule has 1 aliphatic heterocycles. The minimum atomic E-state index is 0.0969. The van der Waals surface area contributed by atoms with Gasteiger partial charge >= 0.3 is 0 Å². The molecule has 2 nitrogen and oxygen atoms in total. The van der Waals surface area contributed by atoms with Crippen molar-refractivity contribution in [3.8, 4) is 0 Å². The molecule has 16 heavy (non-hydrogen) atoms. The van der Waals surface area contributed by atoms with E-state index in [0.29, 0.717) is 0 Å². The summed E-state index contributed by atoms with van der Waals surface area (Å²) in [4.78, 5) is 0. The van der Waals surface area contributed by atoms with Crippen LogP contribution < -0.4 is 0 Å². The van der Waals surface area contributed by atoms with Crippen molar-refractivity contribution >= 4 is 0 Å². The second kappa shape index (κ2) is 5.50. The lowest BCUT2D eigenvalue weighted by Crippen LogP contribution is -2.33. The Morgan fingerprint density at radius 2 is 1.75 bits per heavy atom. The number of ether oxygens (including phenoxy) is 2. The van der Waals surface area contributed by atoms with E-state index in [0.717, 1.165) is 43.3 Å². The van der Waals surface area contributed by atoms with Crippen LogP contribution in [-0.2, 0) is 9.47 Å². The van der Waals surface area contributed by atoms with Gasteiger partial charge in [0.1, 0.15) is 0 Å². The molecule has 4 unspecified atom stereocenters. The Hall–Kier alpha value is -0.0800. The zero-order valence-electron chi connectivity index (χ0n) is 10.9. The molecule has 0 aromatic rings. The van der Waals surface area contributed by atoms with Crippen molar-refractivity contribution in [1.82, 2.24) is 0 Å². The molecule has 1 saturated carbocycles. The molecular formula is C14H26O2. The van der Waals surface area contributed by atoms with Gasteiger partial charge in [-0.15, -0.1) is 0 Å². The van der Waals surface area contributed by atoms with Gasteiger partial charge in [0, 0.05) is 6.42 Å². The van der Waals surface area contributed by atoms with Crippen LogP contribution in [0.3, 0.4) is 0 Å². The molecule has 94 valence electrons. The van der Waals surface area contributed by atoms with Gasteiger partial charge in [-0.25, -0.2) is 0 Å². The molecule has 2 aliphatic rings. The molecule has 0 bridgehead atoms. The SMILES string of the molecule is CCC1C(CC2OCCO2)CCC(C)C1C. The van der Waals surface area contributed by atoms with E-state index in [-0.39, 0.29) is 6.29 Å². The highest BCUT2D eigenvalue weighted by atomic mass is 16.7. The summed E-state index contributed by atoms with van der Waals surface area (Å²) in [5, 5.41) is 0. The monoisotopic (exact) mass is 226 g/mol. The van der Waals surface area contributed by atoms with Crippen molar-refractivity contribution < 1.29 is 9.47 Å². The van der Waals surface area contributed by atoms with E-state index in [1.54, 1.807) is 0 Å². The largest absolute Gasteiger partial charge is 0.350 e. The second-order valence-electron chi connectivity index (χ2n) is 5.65. The van der Waals surface area contributed by atoms with Crippen molar-refractivity contribution in [2.45, 2.75) is 52.7 Å². The average Bonchev–Trinajstić information content (AvgIpc) is 2.77. The van der Waals surface area contributed by atoms with E-state index in [2.05, 4.69) is 20.8 Å². The predicted molar refractivity (Wildman–Crippen MR) is 65.1 cm³/mol. The summed E-state index contributed by atoms with van der Waals surface area (Å²) in [6.45, 7) is 8.76. The molecule has 0 aromatic heterocycles. The number of hydrogen-bond acceptors (Lipinski definition) is 2. The molecule has 2 rings (SSSR count). The van der Waals surface area contributed by atoms with Gasteiger partial charge in [0.15, 0.2) is 6.29 Å². The van der Waals surface area contributed by atoms with Crippen molar-refractivity contribution in [3.05, 3.63) is 0 Å². The zero-order valence-corrected chi connectivity index (χ0v) is 10.9. The summed E-state index contributed by atoms with van der Waals surface area (Å²) in [6, 6.07) is 0. The molecule has 0 amide bonds. The normalized spacial score (nSPS) is 41.4. The van der Waals surface area contributed by atoms with Crippen molar-refractivity contribution in [1.29, 1.82) is 0 Å². The fourth-order valence-electron chi connectivity index (χ4n) is 3.59. The first-order valence-corrected chi connectivity index (χ1v) is 6.95. The van der Waals surface area contributed by atoms with E-state index < -0.39 is 0 Å². The Morgan fingerprint density at radius 3 is 2.38 bits per heavy atom. The highest BCUT2D eigenvalue weighted by Gasteiger charge is 2.35. The summed E-state index contributed by atoms with van der Waals surface area (Å²) in [6.07, 6.45) is 5.28. The minimum absolute atomic E-state index is 0.0969. The van der Waals surface area contributed by atoms with E-state index >= 15 is 0 Å². The van der Waals surface area contributed by atoms with Crippen LogP contribution in [0.25, 0.3) is 0 Å². The molecule has 1 saturated heterocycles. The average molecular weight is 226 g/mol. The Morgan fingerprint density at radius 1 is 1.06 bits per heavy atom. The van der Waals surface area contributed by atoms with Gasteiger partial charge in [-0.1, -0.05) is 33.6 Å². The minimum Gasteiger partial charge on any atom is -0.350 e. The van der Waals surface area contributed by atoms with Gasteiger partial charge in [-0.2, -0.15) is 0 Å². The Bertz CT molecular complexity index is 211. The van der Waals surface area contributed by atoms with Gasteiger partial charge in [0.05, 0.1) is 13.2 Å². The van der Waals surface area contributed by atoms with Crippen LogP contribution in [0.15, 0.2) is 0 Å². The maximum Gasteiger partial charge on any atom is 0.158 e. The van der Waals surface area contributed by atoms with Crippen molar-refractivity contribution in [2.24, 2.45) is 23.7 Å². The molecule has 2 fully saturated rings. The molecule has 4 atom stereocenters. The third-order valence-electron chi connectivity index (χ3n) is 4.83. The van der Waals surface area contributed by atoms with E-state index in [4.69, 9.17) is 9.47 Å². The quantitative estimate of drug-likeness (QED) is 0.733. The van der Waals surface area contributed by atoms with Crippen LogP contribution in [-0.4, -0.2) is 19.5 Å². The molecule has 0 radical (unpaired) electrons. The second-order valence-corrected chi connectivity index (χ2v) is 5.65. The summed E-state index contributed by atoms with van der Waals surface area (Å²) in [5.74, 6) is 3.45. The first-order chi connectivity index (χ1) is 7.72. The molecular weight excluding hydrogens is 200 g/mol. The van der Waals surface area contributed by atoms with Crippen LogP contribution in [0.2, 0.25) is 0 Å². The topological polar surface area (TPSA) is 18.5 Å².